The van der Waals surface area contributed by atoms with Crippen molar-refractivity contribution >= 4 is 28.2 Å². The Morgan fingerprint density at radius 2 is 2.08 bits per heavy atom. The topological polar surface area (TPSA) is 64.7 Å². The van der Waals surface area contributed by atoms with Gasteiger partial charge in [0.2, 0.25) is 0 Å². The van der Waals surface area contributed by atoms with Crippen LogP contribution in [0, 0.1) is 0 Å². The van der Waals surface area contributed by atoms with Gasteiger partial charge >= 0.3 is 0 Å². The summed E-state index contributed by atoms with van der Waals surface area (Å²) in [4.78, 5) is 3.91. The van der Waals surface area contributed by atoms with E-state index >= 15 is 0 Å². The minimum absolute atomic E-state index is 0.349. The van der Waals surface area contributed by atoms with Crippen LogP contribution in [0.5, 0.6) is 0 Å². The summed E-state index contributed by atoms with van der Waals surface area (Å²) in [5.41, 5.74) is 5.55. The van der Waals surface area contributed by atoms with E-state index in [4.69, 9.17) is 17.3 Å². The number of pyridine rings is 1. The maximum Gasteiger partial charge on any atom is 0.159 e. The number of anilines is 1. The standard InChI is InChI=1S/C7H5ClN4/c8-6-4-1-2-10-3-5(4)7(9)12-11-6/h1-3H,(H2,9,12). The molecule has 0 aliphatic rings. The maximum atomic E-state index is 5.77. The van der Waals surface area contributed by atoms with Crippen LogP contribution in [0.2, 0.25) is 5.15 Å². The summed E-state index contributed by atoms with van der Waals surface area (Å²) in [7, 11) is 0. The quantitative estimate of drug-likeness (QED) is 0.663. The molecule has 0 atom stereocenters. The molecule has 0 spiro atoms. The summed E-state index contributed by atoms with van der Waals surface area (Å²) in [5.74, 6) is 0.350. The van der Waals surface area contributed by atoms with E-state index in [1.54, 1.807) is 18.5 Å². The molecular formula is C7H5ClN4. The van der Waals surface area contributed by atoms with Crippen molar-refractivity contribution in [2.24, 2.45) is 0 Å². The first-order valence-electron chi connectivity index (χ1n) is 3.30. The number of hydrogen-bond acceptors (Lipinski definition) is 4. The number of fused-ring (bicyclic) bond motifs is 1. The van der Waals surface area contributed by atoms with Crippen molar-refractivity contribution in [2.75, 3.05) is 5.73 Å². The molecule has 0 fully saturated rings. The minimum Gasteiger partial charge on any atom is -0.382 e. The monoisotopic (exact) mass is 180 g/mol. The zero-order valence-corrected chi connectivity index (χ0v) is 6.78. The van der Waals surface area contributed by atoms with Crippen LogP contribution in [0.4, 0.5) is 5.82 Å². The van der Waals surface area contributed by atoms with Gasteiger partial charge in [-0.25, -0.2) is 0 Å². The second kappa shape index (κ2) is 2.57. The molecule has 2 N–H and O–H groups in total. The van der Waals surface area contributed by atoms with Crippen molar-refractivity contribution in [2.45, 2.75) is 0 Å². The van der Waals surface area contributed by atoms with Gasteiger partial charge in [-0.3, -0.25) is 4.98 Å². The van der Waals surface area contributed by atoms with Crippen LogP contribution in [0.15, 0.2) is 18.5 Å². The fourth-order valence-corrected chi connectivity index (χ4v) is 1.19. The van der Waals surface area contributed by atoms with Crippen LogP contribution in [-0.2, 0) is 0 Å². The van der Waals surface area contributed by atoms with E-state index < -0.39 is 0 Å². The third-order valence-corrected chi connectivity index (χ3v) is 1.84. The van der Waals surface area contributed by atoms with E-state index in [2.05, 4.69) is 15.2 Å². The Morgan fingerprint density at radius 3 is 2.83 bits per heavy atom. The zero-order chi connectivity index (χ0) is 8.55. The number of nitrogens with zero attached hydrogens (tertiary/aromatic N) is 3. The summed E-state index contributed by atoms with van der Waals surface area (Å²) in [6.45, 7) is 0. The van der Waals surface area contributed by atoms with Crippen LogP contribution in [-0.4, -0.2) is 15.2 Å². The number of nitrogens with two attached hydrogens (primary N) is 1. The first-order valence-corrected chi connectivity index (χ1v) is 3.68. The smallest absolute Gasteiger partial charge is 0.159 e. The van der Waals surface area contributed by atoms with Crippen LogP contribution >= 0.6 is 11.6 Å². The van der Waals surface area contributed by atoms with Crippen LogP contribution in [0.25, 0.3) is 10.8 Å². The predicted octanol–water partition coefficient (Wildman–Crippen LogP) is 1.26. The third kappa shape index (κ3) is 0.967. The lowest BCUT2D eigenvalue weighted by molar-refractivity contribution is 1.06. The fourth-order valence-electron chi connectivity index (χ4n) is 0.984. The molecule has 0 aliphatic heterocycles. The summed E-state index contributed by atoms with van der Waals surface area (Å²) in [5, 5.41) is 9.19. The summed E-state index contributed by atoms with van der Waals surface area (Å²) < 4.78 is 0. The largest absolute Gasteiger partial charge is 0.382 e. The molecule has 0 unspecified atom stereocenters. The molecule has 0 amide bonds. The fraction of sp³-hybridized carbons (Fsp3) is 0. The van der Waals surface area contributed by atoms with Gasteiger partial charge in [0.25, 0.3) is 0 Å². The predicted molar refractivity (Wildman–Crippen MR) is 46.8 cm³/mol. The van der Waals surface area contributed by atoms with Crippen molar-refractivity contribution in [3.8, 4) is 0 Å². The highest BCUT2D eigenvalue weighted by Gasteiger charge is 2.03. The molecule has 0 aromatic carbocycles. The van der Waals surface area contributed by atoms with Gasteiger partial charge in [0.05, 0.1) is 0 Å². The van der Waals surface area contributed by atoms with Crippen molar-refractivity contribution in [1.82, 2.24) is 15.2 Å². The number of nitrogen functional groups attached to an aromatic ring is 1. The average Bonchev–Trinajstić information content (AvgIpc) is 2.12. The number of aromatic nitrogens is 3. The Labute approximate surface area is 73.4 Å². The molecule has 12 heavy (non-hydrogen) atoms. The Balaban J connectivity index is 2.95. The minimum atomic E-state index is 0.349. The van der Waals surface area contributed by atoms with E-state index in [0.717, 1.165) is 10.8 Å². The second-order valence-electron chi connectivity index (χ2n) is 2.30. The van der Waals surface area contributed by atoms with E-state index in [-0.39, 0.29) is 0 Å². The molecule has 0 bridgehead atoms. The number of hydrogen-bond donors (Lipinski definition) is 1. The molecule has 2 aromatic heterocycles. The van der Waals surface area contributed by atoms with E-state index in [1.165, 1.54) is 0 Å². The summed E-state index contributed by atoms with van der Waals surface area (Å²) in [6.07, 6.45) is 3.25. The van der Waals surface area contributed by atoms with Crippen LogP contribution in [0.1, 0.15) is 0 Å². The van der Waals surface area contributed by atoms with Crippen LogP contribution < -0.4 is 5.73 Å². The van der Waals surface area contributed by atoms with Gasteiger partial charge in [-0.05, 0) is 6.07 Å². The summed E-state index contributed by atoms with van der Waals surface area (Å²) >= 11 is 5.77. The molecule has 0 radical (unpaired) electrons. The van der Waals surface area contributed by atoms with E-state index in [0.29, 0.717) is 11.0 Å². The highest BCUT2D eigenvalue weighted by Crippen LogP contribution is 2.22. The molecule has 0 saturated heterocycles. The zero-order valence-electron chi connectivity index (χ0n) is 6.03. The van der Waals surface area contributed by atoms with Crippen molar-refractivity contribution < 1.29 is 0 Å². The molecule has 5 heteroatoms. The normalized spacial score (nSPS) is 10.4. The number of halogens is 1. The Bertz CT molecular complexity index is 388. The van der Waals surface area contributed by atoms with Gasteiger partial charge < -0.3 is 5.73 Å². The van der Waals surface area contributed by atoms with Crippen molar-refractivity contribution in [3.05, 3.63) is 23.6 Å². The first-order chi connectivity index (χ1) is 5.79. The molecule has 0 saturated carbocycles. The first kappa shape index (κ1) is 7.24. The molecule has 2 rings (SSSR count). The van der Waals surface area contributed by atoms with E-state index in [9.17, 15) is 0 Å². The molecule has 60 valence electrons. The second-order valence-corrected chi connectivity index (χ2v) is 2.66. The van der Waals surface area contributed by atoms with Gasteiger partial charge in [-0.2, -0.15) is 0 Å². The van der Waals surface area contributed by atoms with Gasteiger partial charge in [0.1, 0.15) is 0 Å². The number of rotatable bonds is 0. The molecule has 0 aliphatic carbocycles. The lowest BCUT2D eigenvalue weighted by Gasteiger charge is -1.99. The third-order valence-electron chi connectivity index (χ3n) is 1.56. The van der Waals surface area contributed by atoms with Crippen molar-refractivity contribution in [1.29, 1.82) is 0 Å². The molecule has 2 aromatic rings. The summed E-state index contributed by atoms with van der Waals surface area (Å²) in [6, 6.07) is 1.75. The van der Waals surface area contributed by atoms with Gasteiger partial charge in [-0.15, -0.1) is 10.2 Å². The van der Waals surface area contributed by atoms with Gasteiger partial charge in [-0.1, -0.05) is 11.6 Å². The van der Waals surface area contributed by atoms with Crippen LogP contribution in [0.3, 0.4) is 0 Å². The Hall–Kier alpha value is -1.42. The molecule has 4 nitrogen and oxygen atoms in total. The Kier molecular flexibility index (Phi) is 1.55. The van der Waals surface area contributed by atoms with Crippen molar-refractivity contribution in [3.63, 3.8) is 0 Å². The molecule has 2 heterocycles. The lowest BCUT2D eigenvalue weighted by atomic mass is 10.2. The highest BCUT2D eigenvalue weighted by atomic mass is 35.5. The van der Waals surface area contributed by atoms with Gasteiger partial charge in [0.15, 0.2) is 11.0 Å². The van der Waals surface area contributed by atoms with Gasteiger partial charge in [0, 0.05) is 23.2 Å². The van der Waals surface area contributed by atoms with E-state index in [1.807, 2.05) is 0 Å². The lowest BCUT2D eigenvalue weighted by Crippen LogP contribution is -1.95. The SMILES string of the molecule is Nc1nnc(Cl)c2ccncc12. The highest BCUT2D eigenvalue weighted by molar-refractivity contribution is 6.34. The molecular weight excluding hydrogens is 176 g/mol. The Morgan fingerprint density at radius 1 is 1.25 bits per heavy atom. The average molecular weight is 181 g/mol. The maximum absolute atomic E-state index is 5.77.